The molecule has 1 aromatic heterocycles. The fourth-order valence-corrected chi connectivity index (χ4v) is 4.97. The van der Waals surface area contributed by atoms with E-state index in [2.05, 4.69) is 22.4 Å². The van der Waals surface area contributed by atoms with Crippen molar-refractivity contribution in [2.75, 3.05) is 20.2 Å². The topological polar surface area (TPSA) is 34.6 Å². The van der Waals surface area contributed by atoms with Gasteiger partial charge in [-0.1, -0.05) is 19.3 Å². The maximum atomic E-state index is 6.36. The lowest BCUT2D eigenvalue weighted by Crippen LogP contribution is -2.38. The Kier molecular flexibility index (Phi) is 6.43. The molecule has 0 bridgehead atoms. The largest absolute Gasteiger partial charge is 0.497 e. The lowest BCUT2D eigenvalue weighted by Gasteiger charge is -2.34. The summed E-state index contributed by atoms with van der Waals surface area (Å²) in [5.41, 5.74) is 2.34. The molecule has 5 heteroatoms. The van der Waals surface area contributed by atoms with Crippen LogP contribution in [0.2, 0.25) is 0 Å². The van der Waals surface area contributed by atoms with Crippen molar-refractivity contribution in [2.45, 2.75) is 63.7 Å². The Hall–Kier alpha value is -1.43. The molecule has 0 amide bonds. The van der Waals surface area contributed by atoms with E-state index in [0.717, 1.165) is 48.8 Å². The molecule has 1 aliphatic heterocycles. The van der Waals surface area contributed by atoms with Crippen LogP contribution in [0.4, 0.5) is 0 Å². The molecule has 1 aliphatic carbocycles. The number of likely N-dealkylation sites (tertiary alicyclic amines) is 1. The zero-order valence-corrected chi connectivity index (χ0v) is 17.0. The van der Waals surface area contributed by atoms with Crippen LogP contribution < -0.4 is 4.74 Å². The van der Waals surface area contributed by atoms with Gasteiger partial charge in [-0.3, -0.25) is 4.90 Å². The van der Waals surface area contributed by atoms with Crippen molar-refractivity contribution >= 4 is 11.3 Å². The number of thiazole rings is 1. The first-order chi connectivity index (χ1) is 13.3. The van der Waals surface area contributed by atoms with Crippen LogP contribution in [0.15, 0.2) is 29.6 Å². The van der Waals surface area contributed by atoms with E-state index < -0.39 is 0 Å². The summed E-state index contributed by atoms with van der Waals surface area (Å²) < 4.78 is 11.6. The third kappa shape index (κ3) is 5.09. The average Bonchev–Trinajstić information content (AvgIpc) is 3.19. The Morgan fingerprint density at radius 3 is 2.41 bits per heavy atom. The summed E-state index contributed by atoms with van der Waals surface area (Å²) in [5, 5.41) is 3.28. The molecule has 0 unspecified atom stereocenters. The molecule has 27 heavy (non-hydrogen) atoms. The molecular formula is C22H30N2O2S. The normalized spacial score (nSPS) is 20.0. The molecule has 2 heterocycles. The van der Waals surface area contributed by atoms with Crippen molar-refractivity contribution in [3.8, 4) is 16.3 Å². The highest BCUT2D eigenvalue weighted by atomic mass is 32.1. The monoisotopic (exact) mass is 386 g/mol. The van der Waals surface area contributed by atoms with Crippen molar-refractivity contribution in [1.82, 2.24) is 9.88 Å². The Bertz CT molecular complexity index is 701. The van der Waals surface area contributed by atoms with Gasteiger partial charge in [0.25, 0.3) is 0 Å². The molecular weight excluding hydrogens is 356 g/mol. The van der Waals surface area contributed by atoms with Crippen LogP contribution in [0.25, 0.3) is 10.6 Å². The molecule has 0 spiro atoms. The summed E-state index contributed by atoms with van der Waals surface area (Å²) in [4.78, 5) is 7.37. The van der Waals surface area contributed by atoms with Crippen LogP contribution in [0.5, 0.6) is 5.75 Å². The van der Waals surface area contributed by atoms with E-state index in [9.17, 15) is 0 Å². The van der Waals surface area contributed by atoms with Crippen molar-refractivity contribution in [1.29, 1.82) is 0 Å². The average molecular weight is 387 g/mol. The lowest BCUT2D eigenvalue weighted by atomic mass is 9.97. The van der Waals surface area contributed by atoms with Crippen molar-refractivity contribution in [3.63, 3.8) is 0 Å². The maximum absolute atomic E-state index is 6.36. The first-order valence-electron chi connectivity index (χ1n) is 10.3. The molecule has 1 aromatic carbocycles. The van der Waals surface area contributed by atoms with E-state index in [0.29, 0.717) is 12.2 Å². The maximum Gasteiger partial charge on any atom is 0.123 e. The number of nitrogens with zero attached hydrogens (tertiary/aromatic N) is 2. The molecule has 146 valence electrons. The molecule has 2 aromatic rings. The van der Waals surface area contributed by atoms with Crippen molar-refractivity contribution < 1.29 is 9.47 Å². The fraction of sp³-hybridized carbons (Fsp3) is 0.591. The van der Waals surface area contributed by atoms with Crippen LogP contribution in [-0.4, -0.2) is 42.3 Å². The second-order valence-electron chi connectivity index (χ2n) is 7.74. The molecule has 1 saturated carbocycles. The highest BCUT2D eigenvalue weighted by Crippen LogP contribution is 2.28. The van der Waals surface area contributed by atoms with Crippen LogP contribution in [0.3, 0.4) is 0 Å². The third-order valence-corrected chi connectivity index (χ3v) is 6.69. The number of hydrogen-bond donors (Lipinski definition) is 0. The van der Waals surface area contributed by atoms with Gasteiger partial charge in [-0.05, 0) is 49.9 Å². The predicted molar refractivity (Wildman–Crippen MR) is 110 cm³/mol. The molecule has 0 atom stereocenters. The van der Waals surface area contributed by atoms with Gasteiger partial charge < -0.3 is 9.47 Å². The molecule has 4 rings (SSSR count). The number of piperidine rings is 1. The molecule has 2 aliphatic rings. The molecule has 1 saturated heterocycles. The summed E-state index contributed by atoms with van der Waals surface area (Å²) in [5.74, 6) is 0.883. The second-order valence-corrected chi connectivity index (χ2v) is 8.60. The Labute approximate surface area is 166 Å². The SMILES string of the molecule is COc1ccc(-c2nc(CN3CCC(OC4CCCCC4)CC3)cs2)cc1. The van der Waals surface area contributed by atoms with Crippen LogP contribution in [0, 0.1) is 0 Å². The summed E-state index contributed by atoms with van der Waals surface area (Å²) in [6, 6.07) is 8.14. The number of aromatic nitrogens is 1. The number of hydrogen-bond acceptors (Lipinski definition) is 5. The molecule has 4 nitrogen and oxygen atoms in total. The zero-order valence-electron chi connectivity index (χ0n) is 16.2. The number of methoxy groups -OCH3 is 1. The van der Waals surface area contributed by atoms with Crippen LogP contribution in [-0.2, 0) is 11.3 Å². The standard InChI is InChI=1S/C22H30N2O2S/c1-25-19-9-7-17(8-10-19)22-23-18(16-27-22)15-24-13-11-21(12-14-24)26-20-5-3-2-4-6-20/h7-10,16,20-21H,2-6,11-15H2,1H3. The van der Waals surface area contributed by atoms with Gasteiger partial charge in [0.1, 0.15) is 10.8 Å². The summed E-state index contributed by atoms with van der Waals surface area (Å²) >= 11 is 1.73. The quantitative estimate of drug-likeness (QED) is 0.689. The highest BCUT2D eigenvalue weighted by molar-refractivity contribution is 7.13. The van der Waals surface area contributed by atoms with E-state index in [1.807, 2.05) is 12.1 Å². The van der Waals surface area contributed by atoms with Gasteiger partial charge in [0, 0.05) is 30.6 Å². The third-order valence-electron chi connectivity index (χ3n) is 5.75. The molecule has 0 N–H and O–H groups in total. The first kappa shape index (κ1) is 18.9. The molecule has 0 radical (unpaired) electrons. The van der Waals surface area contributed by atoms with Gasteiger partial charge in [-0.15, -0.1) is 11.3 Å². The van der Waals surface area contributed by atoms with Gasteiger partial charge in [0.15, 0.2) is 0 Å². The number of rotatable bonds is 6. The molecule has 2 fully saturated rings. The minimum atomic E-state index is 0.467. The van der Waals surface area contributed by atoms with Gasteiger partial charge in [-0.2, -0.15) is 0 Å². The highest BCUT2D eigenvalue weighted by Gasteiger charge is 2.24. The predicted octanol–water partition coefficient (Wildman–Crippen LogP) is 5.13. The van der Waals surface area contributed by atoms with E-state index in [-0.39, 0.29) is 0 Å². The Morgan fingerprint density at radius 1 is 1.00 bits per heavy atom. The van der Waals surface area contributed by atoms with E-state index in [4.69, 9.17) is 14.5 Å². The fourth-order valence-electron chi connectivity index (χ4n) is 4.15. The first-order valence-corrected chi connectivity index (χ1v) is 11.1. The Morgan fingerprint density at radius 2 is 1.70 bits per heavy atom. The smallest absolute Gasteiger partial charge is 0.123 e. The minimum absolute atomic E-state index is 0.467. The number of benzene rings is 1. The van der Waals surface area contributed by atoms with Crippen LogP contribution in [0.1, 0.15) is 50.6 Å². The van der Waals surface area contributed by atoms with Gasteiger partial charge in [0.05, 0.1) is 25.0 Å². The lowest BCUT2D eigenvalue weighted by molar-refractivity contribution is -0.0566. The van der Waals surface area contributed by atoms with Gasteiger partial charge in [-0.25, -0.2) is 4.98 Å². The van der Waals surface area contributed by atoms with Crippen molar-refractivity contribution in [3.05, 3.63) is 35.3 Å². The summed E-state index contributed by atoms with van der Waals surface area (Å²) in [6.45, 7) is 3.18. The van der Waals surface area contributed by atoms with E-state index in [1.54, 1.807) is 18.4 Å². The zero-order chi connectivity index (χ0) is 18.5. The number of ether oxygens (including phenoxy) is 2. The van der Waals surface area contributed by atoms with E-state index >= 15 is 0 Å². The minimum Gasteiger partial charge on any atom is -0.497 e. The van der Waals surface area contributed by atoms with Crippen LogP contribution >= 0.6 is 11.3 Å². The summed E-state index contributed by atoms with van der Waals surface area (Å²) in [6.07, 6.45) is 9.95. The van der Waals surface area contributed by atoms with E-state index in [1.165, 1.54) is 37.8 Å². The second kappa shape index (κ2) is 9.18. The van der Waals surface area contributed by atoms with Gasteiger partial charge >= 0.3 is 0 Å². The summed E-state index contributed by atoms with van der Waals surface area (Å²) in [7, 11) is 1.69. The van der Waals surface area contributed by atoms with Gasteiger partial charge in [0.2, 0.25) is 0 Å². The Balaban J connectivity index is 1.26. The van der Waals surface area contributed by atoms with Crippen molar-refractivity contribution in [2.24, 2.45) is 0 Å².